The molecule has 0 spiro atoms. The fourth-order valence-corrected chi connectivity index (χ4v) is 1.27. The Morgan fingerprint density at radius 2 is 2.00 bits per heavy atom. The van der Waals surface area contributed by atoms with Gasteiger partial charge in [-0.15, -0.1) is 0 Å². The number of hydrogen-bond acceptors (Lipinski definition) is 3. The highest BCUT2D eigenvalue weighted by Crippen LogP contribution is 2.19. The van der Waals surface area contributed by atoms with E-state index in [0.29, 0.717) is 11.4 Å². The van der Waals surface area contributed by atoms with Crippen LogP contribution in [0.1, 0.15) is 5.69 Å². The molecule has 0 atom stereocenters. The van der Waals surface area contributed by atoms with E-state index in [2.05, 4.69) is 4.98 Å². The summed E-state index contributed by atoms with van der Waals surface area (Å²) >= 11 is 0. The molecule has 0 radical (unpaired) electrons. The molecule has 1 heterocycles. The number of pyridine rings is 1. The molecule has 0 saturated heterocycles. The van der Waals surface area contributed by atoms with Gasteiger partial charge in [0, 0.05) is 12.1 Å². The highest BCUT2D eigenvalue weighted by atomic mass is 19.1. The summed E-state index contributed by atoms with van der Waals surface area (Å²) in [7, 11) is 0. The van der Waals surface area contributed by atoms with Crippen molar-refractivity contribution >= 4 is 5.84 Å². The fourth-order valence-electron chi connectivity index (χ4n) is 1.27. The Balaban J connectivity index is 2.24. The van der Waals surface area contributed by atoms with Gasteiger partial charge in [0.25, 0.3) is 0 Å². The number of ether oxygens (including phenoxy) is 1. The molecule has 2 aromatic rings. The van der Waals surface area contributed by atoms with E-state index in [-0.39, 0.29) is 17.5 Å². The van der Waals surface area contributed by atoms with Gasteiger partial charge in [0.05, 0.1) is 0 Å². The van der Waals surface area contributed by atoms with Crippen LogP contribution in [0.25, 0.3) is 0 Å². The van der Waals surface area contributed by atoms with Gasteiger partial charge in [-0.25, -0.2) is 9.37 Å². The second kappa shape index (κ2) is 4.61. The summed E-state index contributed by atoms with van der Waals surface area (Å²) in [5.41, 5.74) is 5.62. The lowest BCUT2D eigenvalue weighted by molar-refractivity contribution is 0.458. The van der Waals surface area contributed by atoms with Gasteiger partial charge in [-0.3, -0.25) is 5.41 Å². The maximum Gasteiger partial charge on any atom is 0.219 e. The number of nitrogens with one attached hydrogen (secondary N) is 1. The number of hydrogen-bond donors (Lipinski definition) is 2. The zero-order valence-corrected chi connectivity index (χ0v) is 8.85. The fraction of sp³-hybridized carbons (Fsp3) is 0. The summed E-state index contributed by atoms with van der Waals surface area (Å²) < 4.78 is 18.3. The molecule has 0 aliphatic rings. The van der Waals surface area contributed by atoms with Crippen LogP contribution in [0.5, 0.6) is 11.6 Å². The minimum atomic E-state index is -0.384. The van der Waals surface area contributed by atoms with E-state index in [1.54, 1.807) is 30.3 Å². The smallest absolute Gasteiger partial charge is 0.219 e. The SMILES string of the molecule is N=C(N)c1cccc(Oc2cccc(F)c2)n1. The number of benzene rings is 1. The van der Waals surface area contributed by atoms with Crippen LogP contribution < -0.4 is 10.5 Å². The van der Waals surface area contributed by atoms with Crippen LogP contribution >= 0.6 is 0 Å². The van der Waals surface area contributed by atoms with Gasteiger partial charge >= 0.3 is 0 Å². The van der Waals surface area contributed by atoms with Gasteiger partial charge in [0.1, 0.15) is 23.1 Å². The van der Waals surface area contributed by atoms with E-state index in [4.69, 9.17) is 15.9 Å². The largest absolute Gasteiger partial charge is 0.439 e. The third-order valence-corrected chi connectivity index (χ3v) is 2.02. The number of nitrogens with zero attached hydrogens (tertiary/aromatic N) is 1. The Bertz CT molecular complexity index is 557. The van der Waals surface area contributed by atoms with Gasteiger partial charge in [0.2, 0.25) is 5.88 Å². The van der Waals surface area contributed by atoms with Gasteiger partial charge in [0.15, 0.2) is 0 Å². The van der Waals surface area contributed by atoms with Crippen molar-refractivity contribution in [2.24, 2.45) is 5.73 Å². The molecule has 17 heavy (non-hydrogen) atoms. The predicted octanol–water partition coefficient (Wildman–Crippen LogP) is 2.30. The zero-order chi connectivity index (χ0) is 12.3. The first kappa shape index (κ1) is 11.1. The standard InChI is InChI=1S/C12H10FN3O/c13-8-3-1-4-9(7-8)17-11-6-2-5-10(16-11)12(14)15/h1-7H,(H3,14,15). The number of nitrogens with two attached hydrogens (primary N) is 1. The molecule has 86 valence electrons. The molecule has 3 N–H and O–H groups in total. The van der Waals surface area contributed by atoms with E-state index >= 15 is 0 Å². The lowest BCUT2D eigenvalue weighted by atomic mass is 10.3. The minimum Gasteiger partial charge on any atom is -0.439 e. The van der Waals surface area contributed by atoms with Crippen molar-refractivity contribution in [3.05, 3.63) is 54.0 Å². The molecule has 1 aromatic heterocycles. The Morgan fingerprint density at radius 1 is 1.24 bits per heavy atom. The van der Waals surface area contributed by atoms with Crippen molar-refractivity contribution in [1.82, 2.24) is 4.98 Å². The summed E-state index contributed by atoms with van der Waals surface area (Å²) in [4.78, 5) is 4.00. The summed E-state index contributed by atoms with van der Waals surface area (Å²) in [6.45, 7) is 0. The quantitative estimate of drug-likeness (QED) is 0.628. The van der Waals surface area contributed by atoms with E-state index < -0.39 is 0 Å². The maximum absolute atomic E-state index is 12.9. The molecular formula is C12H10FN3O. The monoisotopic (exact) mass is 231 g/mol. The second-order valence-corrected chi connectivity index (χ2v) is 3.33. The number of amidine groups is 1. The van der Waals surface area contributed by atoms with Crippen LogP contribution in [0.2, 0.25) is 0 Å². The summed E-state index contributed by atoms with van der Waals surface area (Å²) in [5, 5.41) is 7.25. The highest BCUT2D eigenvalue weighted by molar-refractivity contribution is 5.93. The number of rotatable bonds is 3. The minimum absolute atomic E-state index is 0.144. The first-order chi connectivity index (χ1) is 8.15. The van der Waals surface area contributed by atoms with Crippen molar-refractivity contribution in [2.75, 3.05) is 0 Å². The molecule has 4 nitrogen and oxygen atoms in total. The van der Waals surface area contributed by atoms with Crippen LogP contribution in [0.4, 0.5) is 4.39 Å². The molecule has 0 bridgehead atoms. The predicted molar refractivity (Wildman–Crippen MR) is 61.7 cm³/mol. The first-order valence-electron chi connectivity index (χ1n) is 4.90. The van der Waals surface area contributed by atoms with E-state index in [0.717, 1.165) is 0 Å². The van der Waals surface area contributed by atoms with E-state index in [1.165, 1.54) is 12.1 Å². The Kier molecular flexibility index (Phi) is 3.00. The number of aromatic nitrogens is 1. The number of nitrogen functional groups attached to an aromatic ring is 1. The van der Waals surface area contributed by atoms with Gasteiger partial charge in [-0.2, -0.15) is 0 Å². The van der Waals surface area contributed by atoms with Crippen molar-refractivity contribution in [2.45, 2.75) is 0 Å². The average Bonchev–Trinajstić information content (AvgIpc) is 2.29. The van der Waals surface area contributed by atoms with Crippen LogP contribution in [0, 0.1) is 11.2 Å². The van der Waals surface area contributed by atoms with Gasteiger partial charge in [-0.1, -0.05) is 12.1 Å². The van der Waals surface area contributed by atoms with Gasteiger partial charge in [-0.05, 0) is 18.2 Å². The summed E-state index contributed by atoms with van der Waals surface area (Å²) in [6.07, 6.45) is 0. The molecule has 0 aliphatic carbocycles. The molecule has 0 unspecified atom stereocenters. The average molecular weight is 231 g/mol. The summed E-state index contributed by atoms with van der Waals surface area (Å²) in [6, 6.07) is 10.6. The van der Waals surface area contributed by atoms with Crippen molar-refractivity contribution in [1.29, 1.82) is 5.41 Å². The Morgan fingerprint density at radius 3 is 2.71 bits per heavy atom. The van der Waals surface area contributed by atoms with Gasteiger partial charge < -0.3 is 10.5 Å². The Labute approximate surface area is 97.4 Å². The van der Waals surface area contributed by atoms with Crippen molar-refractivity contribution < 1.29 is 9.13 Å². The van der Waals surface area contributed by atoms with Crippen molar-refractivity contribution in [3.8, 4) is 11.6 Å². The normalized spacial score (nSPS) is 9.94. The molecule has 5 heteroatoms. The topological polar surface area (TPSA) is 72.0 Å². The van der Waals surface area contributed by atoms with Crippen LogP contribution in [0.15, 0.2) is 42.5 Å². The van der Waals surface area contributed by atoms with Crippen LogP contribution in [-0.2, 0) is 0 Å². The lowest BCUT2D eigenvalue weighted by Crippen LogP contribution is -2.13. The zero-order valence-electron chi connectivity index (χ0n) is 8.85. The molecule has 2 rings (SSSR count). The van der Waals surface area contributed by atoms with Crippen molar-refractivity contribution in [3.63, 3.8) is 0 Å². The first-order valence-corrected chi connectivity index (χ1v) is 4.90. The van der Waals surface area contributed by atoms with E-state index in [1.807, 2.05) is 0 Å². The van der Waals surface area contributed by atoms with Crippen LogP contribution in [0.3, 0.4) is 0 Å². The molecule has 0 amide bonds. The highest BCUT2D eigenvalue weighted by Gasteiger charge is 2.03. The third kappa shape index (κ3) is 2.78. The lowest BCUT2D eigenvalue weighted by Gasteiger charge is -2.05. The third-order valence-electron chi connectivity index (χ3n) is 2.02. The molecule has 1 aromatic carbocycles. The second-order valence-electron chi connectivity index (χ2n) is 3.33. The number of halogens is 1. The van der Waals surface area contributed by atoms with E-state index in [9.17, 15) is 4.39 Å². The molecule has 0 saturated carbocycles. The Hall–Kier alpha value is -2.43. The molecule has 0 aliphatic heterocycles. The summed E-state index contributed by atoms with van der Waals surface area (Å²) in [5.74, 6) is 0.0846. The maximum atomic E-state index is 12.9. The van der Waals surface area contributed by atoms with Crippen LogP contribution in [-0.4, -0.2) is 10.8 Å². The molecular weight excluding hydrogens is 221 g/mol. The molecule has 0 fully saturated rings.